The second-order valence-corrected chi connectivity index (χ2v) is 1.66. The SMILES string of the molecule is CN.N#Cc1cnc(NC=O)cn1. The maximum Gasteiger partial charge on any atom is 0.212 e. The van der Waals surface area contributed by atoms with Crippen LogP contribution >= 0.6 is 0 Å². The zero-order valence-corrected chi connectivity index (χ0v) is 7.06. The third-order valence-corrected chi connectivity index (χ3v) is 0.973. The van der Waals surface area contributed by atoms with Gasteiger partial charge < -0.3 is 11.1 Å². The van der Waals surface area contributed by atoms with E-state index >= 15 is 0 Å². The third-order valence-electron chi connectivity index (χ3n) is 0.973. The largest absolute Gasteiger partial charge is 0.333 e. The van der Waals surface area contributed by atoms with Crippen molar-refractivity contribution in [3.05, 3.63) is 18.1 Å². The van der Waals surface area contributed by atoms with E-state index in [1.165, 1.54) is 19.4 Å². The van der Waals surface area contributed by atoms with Crippen LogP contribution < -0.4 is 11.1 Å². The topological polar surface area (TPSA) is 105 Å². The van der Waals surface area contributed by atoms with Crippen LogP contribution in [0.1, 0.15) is 5.69 Å². The van der Waals surface area contributed by atoms with Gasteiger partial charge in [-0.3, -0.25) is 4.79 Å². The lowest BCUT2D eigenvalue weighted by atomic mass is 10.5. The maximum absolute atomic E-state index is 9.88. The van der Waals surface area contributed by atoms with E-state index < -0.39 is 0 Å². The number of nitrogens with one attached hydrogen (secondary N) is 1. The van der Waals surface area contributed by atoms with Crippen molar-refractivity contribution in [3.8, 4) is 6.07 Å². The molecule has 0 unspecified atom stereocenters. The van der Waals surface area contributed by atoms with Crippen LogP contribution in [0.3, 0.4) is 0 Å². The molecular weight excluding hydrogens is 170 g/mol. The smallest absolute Gasteiger partial charge is 0.212 e. The van der Waals surface area contributed by atoms with E-state index in [1.807, 2.05) is 0 Å². The van der Waals surface area contributed by atoms with Crippen molar-refractivity contribution in [2.75, 3.05) is 12.4 Å². The highest BCUT2D eigenvalue weighted by atomic mass is 16.1. The first-order valence-corrected chi connectivity index (χ1v) is 3.37. The van der Waals surface area contributed by atoms with Crippen molar-refractivity contribution in [1.82, 2.24) is 9.97 Å². The fourth-order valence-electron chi connectivity index (χ4n) is 0.521. The molecule has 6 nitrogen and oxygen atoms in total. The predicted octanol–water partition coefficient (Wildman–Crippen LogP) is -0.509. The Kier molecular flexibility index (Phi) is 5.66. The summed E-state index contributed by atoms with van der Waals surface area (Å²) in [4.78, 5) is 17.3. The summed E-state index contributed by atoms with van der Waals surface area (Å²) in [6, 6.07) is 1.81. The lowest BCUT2D eigenvalue weighted by molar-refractivity contribution is -0.105. The van der Waals surface area contributed by atoms with Crippen LogP contribution in [0, 0.1) is 11.3 Å². The third kappa shape index (κ3) is 3.79. The monoisotopic (exact) mass is 179 g/mol. The molecule has 0 aromatic carbocycles. The molecule has 0 saturated heterocycles. The number of nitriles is 1. The normalized spacial score (nSPS) is 7.46. The van der Waals surface area contributed by atoms with Gasteiger partial charge >= 0.3 is 0 Å². The Morgan fingerprint density at radius 1 is 1.54 bits per heavy atom. The van der Waals surface area contributed by atoms with Crippen molar-refractivity contribution >= 4 is 12.2 Å². The summed E-state index contributed by atoms with van der Waals surface area (Å²) in [5.41, 5.74) is 4.72. The number of nitrogens with two attached hydrogens (primary N) is 1. The molecule has 1 aromatic heterocycles. The van der Waals surface area contributed by atoms with Crippen molar-refractivity contribution in [2.24, 2.45) is 5.73 Å². The number of hydrogen-bond acceptors (Lipinski definition) is 5. The molecule has 68 valence electrons. The number of rotatable bonds is 2. The van der Waals surface area contributed by atoms with Gasteiger partial charge in [0.05, 0.1) is 12.4 Å². The van der Waals surface area contributed by atoms with Crippen LogP contribution in [-0.4, -0.2) is 23.4 Å². The molecule has 1 aromatic rings. The molecule has 13 heavy (non-hydrogen) atoms. The Morgan fingerprint density at radius 2 is 2.23 bits per heavy atom. The lowest BCUT2D eigenvalue weighted by Gasteiger charge is -1.93. The van der Waals surface area contributed by atoms with E-state index in [1.54, 1.807) is 6.07 Å². The minimum Gasteiger partial charge on any atom is -0.333 e. The summed E-state index contributed by atoms with van der Waals surface area (Å²) in [6.45, 7) is 0. The zero-order chi connectivity index (χ0) is 10.1. The highest BCUT2D eigenvalue weighted by Gasteiger charge is 1.92. The van der Waals surface area contributed by atoms with Crippen LogP contribution in [0.2, 0.25) is 0 Å². The number of carbonyl (C=O) groups excluding carboxylic acids is 1. The fraction of sp³-hybridized carbons (Fsp3) is 0.143. The molecule has 0 atom stereocenters. The summed E-state index contributed by atoms with van der Waals surface area (Å²) >= 11 is 0. The molecular formula is C7H9N5O. The quantitative estimate of drug-likeness (QED) is 0.595. The van der Waals surface area contributed by atoms with E-state index in [-0.39, 0.29) is 5.69 Å². The van der Waals surface area contributed by atoms with E-state index in [0.717, 1.165) is 0 Å². The van der Waals surface area contributed by atoms with Crippen molar-refractivity contribution in [1.29, 1.82) is 5.26 Å². The van der Waals surface area contributed by atoms with Crippen LogP contribution in [0.4, 0.5) is 5.82 Å². The number of carbonyl (C=O) groups is 1. The molecule has 3 N–H and O–H groups in total. The number of nitrogens with zero attached hydrogens (tertiary/aromatic N) is 3. The Balaban J connectivity index is 0.000000671. The highest BCUT2D eigenvalue weighted by molar-refractivity contribution is 5.68. The van der Waals surface area contributed by atoms with E-state index in [2.05, 4.69) is 21.0 Å². The second kappa shape index (κ2) is 6.69. The minimum atomic E-state index is 0.224. The van der Waals surface area contributed by atoms with Gasteiger partial charge in [0.15, 0.2) is 11.5 Å². The summed E-state index contributed by atoms with van der Waals surface area (Å²) in [5.74, 6) is 0.332. The average molecular weight is 179 g/mol. The van der Waals surface area contributed by atoms with Gasteiger partial charge in [-0.15, -0.1) is 0 Å². The average Bonchev–Trinajstić information content (AvgIpc) is 2.23. The van der Waals surface area contributed by atoms with Crippen LogP contribution in [-0.2, 0) is 4.79 Å². The second-order valence-electron chi connectivity index (χ2n) is 1.66. The maximum atomic E-state index is 9.88. The van der Waals surface area contributed by atoms with Crippen LogP contribution in [0.15, 0.2) is 12.4 Å². The standard InChI is InChI=1S/C6H4N4O.CH5N/c7-1-5-2-9-6(3-8-5)10-4-11;1-2/h2-4H,(H,9,10,11);2H2,1H3. The number of aromatic nitrogens is 2. The van der Waals surface area contributed by atoms with Crippen molar-refractivity contribution < 1.29 is 4.79 Å². The minimum absolute atomic E-state index is 0.224. The van der Waals surface area contributed by atoms with Gasteiger partial charge in [0.2, 0.25) is 6.41 Å². The number of amides is 1. The van der Waals surface area contributed by atoms with Gasteiger partial charge in [-0.2, -0.15) is 5.26 Å². The summed E-state index contributed by atoms with van der Waals surface area (Å²) in [6.07, 6.45) is 3.09. The van der Waals surface area contributed by atoms with E-state index in [0.29, 0.717) is 12.2 Å². The molecule has 0 saturated carbocycles. The first-order valence-electron chi connectivity index (χ1n) is 3.37. The summed E-state index contributed by atoms with van der Waals surface area (Å²) in [5, 5.41) is 10.6. The Hall–Kier alpha value is -2.00. The number of hydrogen-bond donors (Lipinski definition) is 2. The van der Waals surface area contributed by atoms with Gasteiger partial charge in [0, 0.05) is 0 Å². The van der Waals surface area contributed by atoms with Gasteiger partial charge in [0.25, 0.3) is 0 Å². The van der Waals surface area contributed by atoms with Crippen LogP contribution in [0.5, 0.6) is 0 Å². The predicted molar refractivity (Wildman–Crippen MR) is 46.5 cm³/mol. The lowest BCUT2D eigenvalue weighted by Crippen LogP contribution is -1.97. The van der Waals surface area contributed by atoms with Crippen molar-refractivity contribution in [2.45, 2.75) is 0 Å². The number of anilines is 1. The molecule has 0 aliphatic rings. The van der Waals surface area contributed by atoms with E-state index in [4.69, 9.17) is 5.26 Å². The first-order chi connectivity index (χ1) is 6.36. The molecule has 1 rings (SSSR count). The fourth-order valence-corrected chi connectivity index (χ4v) is 0.521. The van der Waals surface area contributed by atoms with Crippen molar-refractivity contribution in [3.63, 3.8) is 0 Å². The summed E-state index contributed by atoms with van der Waals surface area (Å²) < 4.78 is 0. The first kappa shape index (κ1) is 11.0. The molecule has 0 bridgehead atoms. The zero-order valence-electron chi connectivity index (χ0n) is 7.06. The molecule has 0 radical (unpaired) electrons. The molecule has 1 heterocycles. The summed E-state index contributed by atoms with van der Waals surface area (Å²) in [7, 11) is 1.50. The van der Waals surface area contributed by atoms with Gasteiger partial charge in [0.1, 0.15) is 6.07 Å². The Bertz CT molecular complexity index is 289. The molecule has 0 spiro atoms. The van der Waals surface area contributed by atoms with Gasteiger partial charge in [-0.25, -0.2) is 9.97 Å². The van der Waals surface area contributed by atoms with E-state index in [9.17, 15) is 4.79 Å². The molecule has 6 heteroatoms. The highest BCUT2D eigenvalue weighted by Crippen LogP contribution is 1.97. The Labute approximate surface area is 75.4 Å². The van der Waals surface area contributed by atoms with Gasteiger partial charge in [-0.1, -0.05) is 0 Å². The van der Waals surface area contributed by atoms with Crippen LogP contribution in [0.25, 0.3) is 0 Å². The molecule has 1 amide bonds. The molecule has 0 aliphatic carbocycles. The molecule has 0 aliphatic heterocycles. The van der Waals surface area contributed by atoms with Gasteiger partial charge in [-0.05, 0) is 7.05 Å². The Morgan fingerprint density at radius 3 is 2.62 bits per heavy atom. The molecule has 0 fully saturated rings.